The molecule has 1 aromatic heterocycles. The third kappa shape index (κ3) is 2.52. The van der Waals surface area contributed by atoms with Crippen molar-refractivity contribution in [3.63, 3.8) is 0 Å². The van der Waals surface area contributed by atoms with Gasteiger partial charge in [0.05, 0.1) is 12.2 Å². The number of hydrogen-bond donors (Lipinski definition) is 2. The largest absolute Gasteiger partial charge is 0.378 e. The standard InChI is InChI=1S/C13H19N5/c1-17(2)12-6-4-5-10(7-12)13(16-14)11-8-15-18(3)9-11/h4-9,13,16H,14H2,1-3H3. The van der Waals surface area contributed by atoms with Crippen LogP contribution < -0.4 is 16.2 Å². The van der Waals surface area contributed by atoms with Crippen molar-refractivity contribution in [2.75, 3.05) is 19.0 Å². The average Bonchev–Trinajstić information content (AvgIpc) is 2.77. The Kier molecular flexibility index (Phi) is 3.64. The predicted octanol–water partition coefficient (Wildman–Crippen LogP) is 1.04. The average molecular weight is 245 g/mol. The molecule has 0 aliphatic heterocycles. The van der Waals surface area contributed by atoms with Gasteiger partial charge in [0.15, 0.2) is 0 Å². The number of benzene rings is 1. The van der Waals surface area contributed by atoms with Crippen molar-refractivity contribution >= 4 is 5.69 Å². The van der Waals surface area contributed by atoms with Gasteiger partial charge in [-0.05, 0) is 17.7 Å². The second kappa shape index (κ2) is 5.20. The van der Waals surface area contributed by atoms with Gasteiger partial charge in [-0.2, -0.15) is 5.10 Å². The first kappa shape index (κ1) is 12.6. The van der Waals surface area contributed by atoms with E-state index in [9.17, 15) is 0 Å². The molecule has 5 heteroatoms. The molecule has 3 N–H and O–H groups in total. The van der Waals surface area contributed by atoms with Crippen LogP contribution >= 0.6 is 0 Å². The third-order valence-electron chi connectivity index (χ3n) is 2.94. The molecule has 0 bridgehead atoms. The van der Waals surface area contributed by atoms with E-state index in [-0.39, 0.29) is 6.04 Å². The summed E-state index contributed by atoms with van der Waals surface area (Å²) in [6.07, 6.45) is 3.79. The van der Waals surface area contributed by atoms with Crippen LogP contribution in [0.1, 0.15) is 17.2 Å². The molecule has 0 saturated heterocycles. The summed E-state index contributed by atoms with van der Waals surface area (Å²) in [4.78, 5) is 2.07. The van der Waals surface area contributed by atoms with Gasteiger partial charge in [-0.1, -0.05) is 12.1 Å². The summed E-state index contributed by atoms with van der Waals surface area (Å²) < 4.78 is 1.77. The maximum atomic E-state index is 5.67. The van der Waals surface area contributed by atoms with Crippen LogP contribution in [-0.2, 0) is 7.05 Å². The Morgan fingerprint density at radius 3 is 2.67 bits per heavy atom. The van der Waals surface area contributed by atoms with E-state index < -0.39 is 0 Å². The van der Waals surface area contributed by atoms with Crippen molar-refractivity contribution in [1.82, 2.24) is 15.2 Å². The number of nitrogens with zero attached hydrogens (tertiary/aromatic N) is 3. The zero-order chi connectivity index (χ0) is 13.1. The quantitative estimate of drug-likeness (QED) is 0.624. The number of hydrogen-bond acceptors (Lipinski definition) is 4. The first-order valence-electron chi connectivity index (χ1n) is 5.84. The molecular weight excluding hydrogens is 226 g/mol. The van der Waals surface area contributed by atoms with Crippen molar-refractivity contribution in [3.05, 3.63) is 47.8 Å². The molecule has 0 saturated carbocycles. The minimum atomic E-state index is -0.0430. The van der Waals surface area contributed by atoms with Crippen LogP contribution in [0.5, 0.6) is 0 Å². The summed E-state index contributed by atoms with van der Waals surface area (Å²) in [5.41, 5.74) is 6.17. The van der Waals surface area contributed by atoms with Gasteiger partial charge in [-0.3, -0.25) is 10.5 Å². The highest BCUT2D eigenvalue weighted by atomic mass is 15.3. The zero-order valence-corrected chi connectivity index (χ0v) is 11.0. The van der Waals surface area contributed by atoms with Gasteiger partial charge >= 0.3 is 0 Å². The van der Waals surface area contributed by atoms with Crippen LogP contribution in [0.4, 0.5) is 5.69 Å². The predicted molar refractivity (Wildman–Crippen MR) is 73.1 cm³/mol. The van der Waals surface area contributed by atoms with Crippen LogP contribution in [-0.4, -0.2) is 23.9 Å². The lowest BCUT2D eigenvalue weighted by Gasteiger charge is -2.18. The van der Waals surface area contributed by atoms with Crippen molar-refractivity contribution in [3.8, 4) is 0 Å². The topological polar surface area (TPSA) is 59.1 Å². The van der Waals surface area contributed by atoms with Crippen LogP contribution in [0.2, 0.25) is 0 Å². The molecule has 5 nitrogen and oxygen atoms in total. The number of rotatable bonds is 4. The molecule has 0 amide bonds. The Bertz CT molecular complexity index is 518. The minimum Gasteiger partial charge on any atom is -0.378 e. The number of nitrogens with two attached hydrogens (primary N) is 1. The molecule has 0 radical (unpaired) electrons. The number of hydrazine groups is 1. The zero-order valence-electron chi connectivity index (χ0n) is 11.0. The lowest BCUT2D eigenvalue weighted by molar-refractivity contribution is 0.636. The van der Waals surface area contributed by atoms with E-state index in [1.807, 2.05) is 39.6 Å². The van der Waals surface area contributed by atoms with Gasteiger partial charge in [0, 0.05) is 38.6 Å². The van der Waals surface area contributed by atoms with Gasteiger partial charge in [-0.25, -0.2) is 5.43 Å². The molecule has 1 unspecified atom stereocenters. The number of aromatic nitrogens is 2. The molecule has 1 aromatic carbocycles. The summed E-state index contributed by atoms with van der Waals surface area (Å²) in [6.45, 7) is 0. The smallest absolute Gasteiger partial charge is 0.0741 e. The van der Waals surface area contributed by atoms with Crippen LogP contribution in [0, 0.1) is 0 Å². The molecular formula is C13H19N5. The Balaban J connectivity index is 2.35. The first-order valence-corrected chi connectivity index (χ1v) is 5.84. The van der Waals surface area contributed by atoms with E-state index in [0.717, 1.165) is 16.8 Å². The second-order valence-electron chi connectivity index (χ2n) is 4.54. The normalized spacial score (nSPS) is 12.4. The molecule has 96 valence electrons. The molecule has 2 aromatic rings. The molecule has 2 rings (SSSR count). The van der Waals surface area contributed by atoms with E-state index in [0.29, 0.717) is 0 Å². The van der Waals surface area contributed by atoms with E-state index in [1.165, 1.54) is 0 Å². The van der Waals surface area contributed by atoms with Gasteiger partial charge in [0.25, 0.3) is 0 Å². The molecule has 0 aliphatic carbocycles. The number of anilines is 1. The summed E-state index contributed by atoms with van der Waals surface area (Å²) in [5.74, 6) is 5.67. The fraction of sp³-hybridized carbons (Fsp3) is 0.308. The molecule has 0 fully saturated rings. The monoisotopic (exact) mass is 245 g/mol. The van der Waals surface area contributed by atoms with Gasteiger partial charge < -0.3 is 4.90 Å². The summed E-state index contributed by atoms with van der Waals surface area (Å²) in [5, 5.41) is 4.18. The fourth-order valence-corrected chi connectivity index (χ4v) is 1.96. The van der Waals surface area contributed by atoms with E-state index in [2.05, 4.69) is 33.6 Å². The van der Waals surface area contributed by atoms with Gasteiger partial charge in [0.2, 0.25) is 0 Å². The molecule has 1 heterocycles. The van der Waals surface area contributed by atoms with Crippen molar-refractivity contribution in [1.29, 1.82) is 0 Å². The maximum absolute atomic E-state index is 5.67. The summed E-state index contributed by atoms with van der Waals surface area (Å²) in [6, 6.07) is 8.24. The Hall–Kier alpha value is -1.85. The fourth-order valence-electron chi connectivity index (χ4n) is 1.96. The minimum absolute atomic E-state index is 0.0430. The van der Waals surface area contributed by atoms with E-state index in [1.54, 1.807) is 4.68 Å². The SMILES string of the molecule is CN(C)c1cccc(C(NN)c2cnn(C)c2)c1. The summed E-state index contributed by atoms with van der Waals surface area (Å²) >= 11 is 0. The lowest BCUT2D eigenvalue weighted by atomic mass is 10.0. The Morgan fingerprint density at radius 1 is 1.33 bits per heavy atom. The summed E-state index contributed by atoms with van der Waals surface area (Å²) in [7, 11) is 5.94. The van der Waals surface area contributed by atoms with Gasteiger partial charge in [0.1, 0.15) is 0 Å². The molecule has 18 heavy (non-hydrogen) atoms. The Labute approximate surface area is 107 Å². The van der Waals surface area contributed by atoms with Crippen molar-refractivity contribution < 1.29 is 0 Å². The van der Waals surface area contributed by atoms with Crippen LogP contribution in [0.25, 0.3) is 0 Å². The van der Waals surface area contributed by atoms with Crippen LogP contribution in [0.3, 0.4) is 0 Å². The maximum Gasteiger partial charge on any atom is 0.0741 e. The molecule has 0 aliphatic rings. The lowest BCUT2D eigenvalue weighted by Crippen LogP contribution is -2.28. The highest BCUT2D eigenvalue weighted by molar-refractivity contribution is 5.49. The van der Waals surface area contributed by atoms with Crippen molar-refractivity contribution in [2.24, 2.45) is 12.9 Å². The van der Waals surface area contributed by atoms with E-state index >= 15 is 0 Å². The van der Waals surface area contributed by atoms with Crippen LogP contribution in [0.15, 0.2) is 36.7 Å². The first-order chi connectivity index (χ1) is 8.61. The van der Waals surface area contributed by atoms with Gasteiger partial charge in [-0.15, -0.1) is 0 Å². The van der Waals surface area contributed by atoms with Crippen molar-refractivity contribution in [2.45, 2.75) is 6.04 Å². The molecule has 0 spiro atoms. The third-order valence-corrected chi connectivity index (χ3v) is 2.94. The highest BCUT2D eigenvalue weighted by Crippen LogP contribution is 2.24. The highest BCUT2D eigenvalue weighted by Gasteiger charge is 2.14. The van der Waals surface area contributed by atoms with E-state index in [4.69, 9.17) is 5.84 Å². The molecule has 1 atom stereocenters. The number of nitrogens with one attached hydrogen (secondary N) is 1. The Morgan fingerprint density at radius 2 is 2.11 bits per heavy atom. The number of aryl methyl sites for hydroxylation is 1. The second-order valence-corrected chi connectivity index (χ2v) is 4.54.